The predicted molar refractivity (Wildman–Crippen MR) is 87.1 cm³/mol. The summed E-state index contributed by atoms with van der Waals surface area (Å²) in [6.07, 6.45) is -4.51. The molecule has 0 N–H and O–H groups in total. The second-order valence-electron chi connectivity index (χ2n) is 5.13. The van der Waals surface area contributed by atoms with Gasteiger partial charge in [-0.3, -0.25) is 9.36 Å². The lowest BCUT2D eigenvalue weighted by molar-refractivity contribution is -0.137. The zero-order valence-electron chi connectivity index (χ0n) is 12.2. The minimum Gasteiger partial charge on any atom is -0.268 e. The van der Waals surface area contributed by atoms with Gasteiger partial charge in [-0.15, -0.1) is 0 Å². The standard InChI is InChI=1S/C16H9Cl2F3N2O/c1-8-22-14-12(6-10(17)7-13(14)18)15(24)23(8)11-4-2-3-9(5-11)16(19,20)21/h2-7H,1H3. The van der Waals surface area contributed by atoms with Crippen molar-refractivity contribution < 1.29 is 13.2 Å². The zero-order chi connectivity index (χ0) is 17.6. The summed E-state index contributed by atoms with van der Waals surface area (Å²) in [7, 11) is 0. The third-order valence-corrected chi connectivity index (χ3v) is 4.00. The number of nitrogens with zero attached hydrogens (tertiary/aromatic N) is 2. The first-order valence-corrected chi connectivity index (χ1v) is 7.50. The fourth-order valence-corrected chi connectivity index (χ4v) is 2.98. The van der Waals surface area contributed by atoms with Crippen LogP contribution in [0.5, 0.6) is 0 Å². The number of aryl methyl sites for hydroxylation is 1. The van der Waals surface area contributed by atoms with Gasteiger partial charge in [0.25, 0.3) is 5.56 Å². The van der Waals surface area contributed by atoms with Crippen LogP contribution in [-0.2, 0) is 6.18 Å². The number of hydrogen-bond donors (Lipinski definition) is 0. The second kappa shape index (κ2) is 5.79. The number of benzene rings is 2. The Morgan fingerprint density at radius 2 is 1.83 bits per heavy atom. The Balaban J connectivity index is 2.34. The molecule has 0 saturated heterocycles. The van der Waals surface area contributed by atoms with E-state index in [9.17, 15) is 18.0 Å². The summed E-state index contributed by atoms with van der Waals surface area (Å²) in [5.41, 5.74) is -1.07. The van der Waals surface area contributed by atoms with Crippen LogP contribution in [0.2, 0.25) is 10.0 Å². The zero-order valence-corrected chi connectivity index (χ0v) is 13.7. The van der Waals surface area contributed by atoms with Crippen LogP contribution in [0.4, 0.5) is 13.2 Å². The molecule has 0 fully saturated rings. The lowest BCUT2D eigenvalue weighted by atomic mass is 10.2. The topological polar surface area (TPSA) is 34.9 Å². The van der Waals surface area contributed by atoms with Crippen molar-refractivity contribution in [3.63, 3.8) is 0 Å². The van der Waals surface area contributed by atoms with E-state index in [1.807, 2.05) is 0 Å². The van der Waals surface area contributed by atoms with E-state index >= 15 is 0 Å². The van der Waals surface area contributed by atoms with Gasteiger partial charge in [0.1, 0.15) is 5.82 Å². The quantitative estimate of drug-likeness (QED) is 0.601. The van der Waals surface area contributed by atoms with Crippen molar-refractivity contribution in [3.05, 3.63) is 68.2 Å². The Kier molecular flexibility index (Phi) is 4.05. The monoisotopic (exact) mass is 372 g/mol. The number of halogens is 5. The molecule has 2 aromatic carbocycles. The molecule has 1 heterocycles. The molecule has 0 radical (unpaired) electrons. The average molecular weight is 373 g/mol. The van der Waals surface area contributed by atoms with Crippen molar-refractivity contribution >= 4 is 34.1 Å². The number of fused-ring (bicyclic) bond motifs is 1. The molecule has 24 heavy (non-hydrogen) atoms. The summed E-state index contributed by atoms with van der Waals surface area (Å²) in [5.74, 6) is 0.219. The van der Waals surface area contributed by atoms with E-state index in [1.54, 1.807) is 0 Å². The third kappa shape index (κ3) is 2.87. The molecule has 124 valence electrons. The van der Waals surface area contributed by atoms with Gasteiger partial charge in [-0.25, -0.2) is 4.98 Å². The molecule has 0 aliphatic heterocycles. The average Bonchev–Trinajstić information content (AvgIpc) is 2.48. The summed E-state index contributed by atoms with van der Waals surface area (Å²) >= 11 is 12.0. The number of aromatic nitrogens is 2. The van der Waals surface area contributed by atoms with Crippen LogP contribution in [0.3, 0.4) is 0 Å². The maximum atomic E-state index is 12.9. The molecule has 3 aromatic rings. The molecule has 3 nitrogen and oxygen atoms in total. The van der Waals surface area contributed by atoms with Crippen molar-refractivity contribution in [2.45, 2.75) is 13.1 Å². The van der Waals surface area contributed by atoms with E-state index in [-0.39, 0.29) is 32.5 Å². The molecule has 0 aliphatic rings. The lowest BCUT2D eigenvalue weighted by Crippen LogP contribution is -2.23. The molecule has 8 heteroatoms. The lowest BCUT2D eigenvalue weighted by Gasteiger charge is -2.14. The van der Waals surface area contributed by atoms with Crippen LogP contribution in [0.15, 0.2) is 41.2 Å². The van der Waals surface area contributed by atoms with Crippen LogP contribution in [-0.4, -0.2) is 9.55 Å². The smallest absolute Gasteiger partial charge is 0.268 e. The summed E-state index contributed by atoms with van der Waals surface area (Å²) in [6, 6.07) is 7.32. The maximum absolute atomic E-state index is 12.9. The summed E-state index contributed by atoms with van der Waals surface area (Å²) < 4.78 is 39.8. The van der Waals surface area contributed by atoms with Crippen molar-refractivity contribution in [2.24, 2.45) is 0 Å². The van der Waals surface area contributed by atoms with Crippen molar-refractivity contribution in [1.82, 2.24) is 9.55 Å². The van der Waals surface area contributed by atoms with Gasteiger partial charge >= 0.3 is 6.18 Å². The van der Waals surface area contributed by atoms with E-state index in [0.717, 1.165) is 16.7 Å². The van der Waals surface area contributed by atoms with Crippen LogP contribution < -0.4 is 5.56 Å². The molecular weight excluding hydrogens is 364 g/mol. The summed E-state index contributed by atoms with van der Waals surface area (Å²) in [4.78, 5) is 17.0. The van der Waals surface area contributed by atoms with Crippen LogP contribution in [0.25, 0.3) is 16.6 Å². The van der Waals surface area contributed by atoms with Gasteiger partial charge in [-0.1, -0.05) is 29.3 Å². The molecule has 0 unspecified atom stereocenters. The maximum Gasteiger partial charge on any atom is 0.416 e. The van der Waals surface area contributed by atoms with Gasteiger partial charge in [0, 0.05) is 5.02 Å². The van der Waals surface area contributed by atoms with Crippen LogP contribution in [0, 0.1) is 6.92 Å². The molecule has 0 aliphatic carbocycles. The van der Waals surface area contributed by atoms with Gasteiger partial charge in [-0.05, 0) is 37.3 Å². The predicted octanol–water partition coefficient (Wildman–Crippen LogP) is 5.02. The largest absolute Gasteiger partial charge is 0.416 e. The Morgan fingerprint density at radius 1 is 1.12 bits per heavy atom. The van der Waals surface area contributed by atoms with Gasteiger partial charge in [-0.2, -0.15) is 13.2 Å². The Morgan fingerprint density at radius 3 is 2.50 bits per heavy atom. The van der Waals surface area contributed by atoms with Gasteiger partial charge in [0.05, 0.1) is 27.2 Å². The van der Waals surface area contributed by atoms with Crippen LogP contribution >= 0.6 is 23.2 Å². The van der Waals surface area contributed by atoms with E-state index in [0.29, 0.717) is 0 Å². The minimum absolute atomic E-state index is 0.0674. The highest BCUT2D eigenvalue weighted by atomic mass is 35.5. The highest BCUT2D eigenvalue weighted by molar-refractivity contribution is 6.38. The molecule has 1 aromatic heterocycles. The molecule has 0 atom stereocenters. The molecule has 0 amide bonds. The number of rotatable bonds is 1. The SMILES string of the molecule is Cc1nc2c(Cl)cc(Cl)cc2c(=O)n1-c1cccc(C(F)(F)F)c1. The Bertz CT molecular complexity index is 1010. The van der Waals surface area contributed by atoms with E-state index in [2.05, 4.69) is 4.98 Å². The molecule has 0 spiro atoms. The highest BCUT2D eigenvalue weighted by Crippen LogP contribution is 2.31. The first-order valence-electron chi connectivity index (χ1n) is 6.74. The second-order valence-corrected chi connectivity index (χ2v) is 5.98. The molecule has 3 rings (SSSR count). The first kappa shape index (κ1) is 16.8. The first-order chi connectivity index (χ1) is 11.2. The molecule has 0 saturated carbocycles. The van der Waals surface area contributed by atoms with Gasteiger partial charge in [0.15, 0.2) is 0 Å². The molecule has 0 bridgehead atoms. The van der Waals surface area contributed by atoms with Gasteiger partial charge in [0.2, 0.25) is 0 Å². The Hall–Kier alpha value is -2.05. The number of hydrogen-bond acceptors (Lipinski definition) is 2. The minimum atomic E-state index is -4.51. The van der Waals surface area contributed by atoms with Crippen molar-refractivity contribution in [1.29, 1.82) is 0 Å². The highest BCUT2D eigenvalue weighted by Gasteiger charge is 2.30. The fraction of sp³-hybridized carbons (Fsp3) is 0.125. The number of alkyl halides is 3. The normalized spacial score (nSPS) is 11.9. The molecular formula is C16H9Cl2F3N2O. The van der Waals surface area contributed by atoms with Crippen molar-refractivity contribution in [2.75, 3.05) is 0 Å². The van der Waals surface area contributed by atoms with Crippen molar-refractivity contribution in [3.8, 4) is 5.69 Å². The van der Waals surface area contributed by atoms with E-state index in [1.165, 1.54) is 31.2 Å². The van der Waals surface area contributed by atoms with E-state index in [4.69, 9.17) is 23.2 Å². The third-order valence-electron chi connectivity index (χ3n) is 3.49. The Labute approximate surface area is 144 Å². The van der Waals surface area contributed by atoms with Gasteiger partial charge < -0.3 is 0 Å². The summed E-state index contributed by atoms with van der Waals surface area (Å²) in [5, 5.41) is 0.579. The summed E-state index contributed by atoms with van der Waals surface area (Å²) in [6.45, 7) is 1.52. The van der Waals surface area contributed by atoms with E-state index < -0.39 is 17.3 Å². The van der Waals surface area contributed by atoms with Crippen LogP contribution in [0.1, 0.15) is 11.4 Å². The fourth-order valence-electron chi connectivity index (χ4n) is 2.45.